The van der Waals surface area contributed by atoms with Gasteiger partial charge in [-0.2, -0.15) is 0 Å². The maximum atomic E-state index is 12.3. The van der Waals surface area contributed by atoms with Crippen LogP contribution in [0.25, 0.3) is 5.57 Å². The number of allylic oxidation sites excluding steroid dienone is 1. The average Bonchev–Trinajstić information content (AvgIpc) is 2.45. The quantitative estimate of drug-likeness (QED) is 0.754. The van der Waals surface area contributed by atoms with Crippen molar-refractivity contribution in [3.8, 4) is 0 Å². The molecule has 0 amide bonds. The minimum Gasteiger partial charge on any atom is -0.467 e. The van der Waals surface area contributed by atoms with Gasteiger partial charge in [0.05, 0.1) is 12.6 Å². The number of carbonyl (C=O) groups excluding carboxylic acids is 1. The Kier molecular flexibility index (Phi) is 4.86. The third kappa shape index (κ3) is 3.00. The third-order valence-electron chi connectivity index (χ3n) is 4.18. The SMILES string of the molecule is CCCC(C(=O)OC)N1c2ccc(Cl)cc2C(C)=CC1(C)C. The van der Waals surface area contributed by atoms with Gasteiger partial charge in [0.15, 0.2) is 0 Å². The largest absolute Gasteiger partial charge is 0.467 e. The van der Waals surface area contributed by atoms with E-state index >= 15 is 0 Å². The second-order valence-electron chi connectivity index (χ2n) is 6.34. The van der Waals surface area contributed by atoms with Crippen LogP contribution in [0.1, 0.15) is 46.1 Å². The number of esters is 1. The van der Waals surface area contributed by atoms with Gasteiger partial charge in [0, 0.05) is 16.3 Å². The lowest BCUT2D eigenvalue weighted by molar-refractivity contribution is -0.142. The minimum atomic E-state index is -0.297. The maximum Gasteiger partial charge on any atom is 0.328 e. The lowest BCUT2D eigenvalue weighted by Gasteiger charge is -2.46. The van der Waals surface area contributed by atoms with Crippen molar-refractivity contribution in [1.82, 2.24) is 0 Å². The molecule has 1 aliphatic heterocycles. The molecule has 120 valence electrons. The van der Waals surface area contributed by atoms with E-state index in [2.05, 4.69) is 38.7 Å². The molecule has 0 fully saturated rings. The predicted octanol–water partition coefficient (Wildman–Crippen LogP) is 4.68. The monoisotopic (exact) mass is 321 g/mol. The van der Waals surface area contributed by atoms with Gasteiger partial charge >= 0.3 is 5.97 Å². The lowest BCUT2D eigenvalue weighted by Crippen LogP contribution is -2.54. The van der Waals surface area contributed by atoms with Crippen LogP contribution in [0.3, 0.4) is 0 Å². The van der Waals surface area contributed by atoms with Crippen molar-refractivity contribution in [3.05, 3.63) is 34.9 Å². The average molecular weight is 322 g/mol. The molecule has 1 aromatic rings. The summed E-state index contributed by atoms with van der Waals surface area (Å²) in [5, 5.41) is 0.705. The van der Waals surface area contributed by atoms with Crippen molar-refractivity contribution in [1.29, 1.82) is 0 Å². The number of benzene rings is 1. The van der Waals surface area contributed by atoms with Gasteiger partial charge in [0.25, 0.3) is 0 Å². The fraction of sp³-hybridized carbons (Fsp3) is 0.500. The summed E-state index contributed by atoms with van der Waals surface area (Å²) >= 11 is 6.15. The highest BCUT2D eigenvalue weighted by atomic mass is 35.5. The smallest absolute Gasteiger partial charge is 0.328 e. The van der Waals surface area contributed by atoms with E-state index in [1.807, 2.05) is 18.2 Å². The molecule has 3 nitrogen and oxygen atoms in total. The van der Waals surface area contributed by atoms with Gasteiger partial charge in [-0.15, -0.1) is 0 Å². The van der Waals surface area contributed by atoms with Crippen LogP contribution in [0.2, 0.25) is 5.02 Å². The number of fused-ring (bicyclic) bond motifs is 1. The Morgan fingerprint density at radius 2 is 2.09 bits per heavy atom. The van der Waals surface area contributed by atoms with E-state index < -0.39 is 0 Å². The Hall–Kier alpha value is -1.48. The summed E-state index contributed by atoms with van der Waals surface area (Å²) in [5.74, 6) is -0.191. The first-order valence-corrected chi connectivity index (χ1v) is 8.06. The third-order valence-corrected chi connectivity index (χ3v) is 4.42. The Bertz CT molecular complexity index is 607. The summed E-state index contributed by atoms with van der Waals surface area (Å²) in [6, 6.07) is 5.55. The summed E-state index contributed by atoms with van der Waals surface area (Å²) in [4.78, 5) is 14.5. The van der Waals surface area contributed by atoms with Gasteiger partial charge in [0.1, 0.15) is 6.04 Å². The first-order valence-electron chi connectivity index (χ1n) is 7.68. The summed E-state index contributed by atoms with van der Waals surface area (Å²) in [6.45, 7) is 8.41. The van der Waals surface area contributed by atoms with Crippen LogP contribution in [0.5, 0.6) is 0 Å². The Balaban J connectivity index is 2.60. The van der Waals surface area contributed by atoms with Crippen molar-refractivity contribution >= 4 is 28.8 Å². The second kappa shape index (κ2) is 6.33. The van der Waals surface area contributed by atoms with Gasteiger partial charge < -0.3 is 9.64 Å². The molecule has 2 rings (SSSR count). The van der Waals surface area contributed by atoms with Gasteiger partial charge in [-0.1, -0.05) is 31.0 Å². The topological polar surface area (TPSA) is 29.5 Å². The number of anilines is 1. The van der Waals surface area contributed by atoms with Crippen LogP contribution in [-0.2, 0) is 9.53 Å². The normalized spacial score (nSPS) is 17.5. The summed E-state index contributed by atoms with van der Waals surface area (Å²) in [6.07, 6.45) is 3.86. The molecule has 0 saturated heterocycles. The molecular formula is C18H24ClNO2. The summed E-state index contributed by atoms with van der Waals surface area (Å²) in [7, 11) is 1.45. The van der Waals surface area contributed by atoms with Gasteiger partial charge in [0.2, 0.25) is 0 Å². The molecule has 0 N–H and O–H groups in total. The van der Waals surface area contributed by atoms with E-state index in [0.717, 1.165) is 24.1 Å². The highest BCUT2D eigenvalue weighted by Gasteiger charge is 2.39. The number of rotatable bonds is 4. The zero-order valence-electron chi connectivity index (χ0n) is 13.9. The van der Waals surface area contributed by atoms with Crippen molar-refractivity contribution in [2.45, 2.75) is 52.1 Å². The number of hydrogen-bond acceptors (Lipinski definition) is 3. The molecule has 1 aromatic carbocycles. The standard InChI is InChI=1S/C18H24ClNO2/c1-6-7-16(17(21)22-5)20-15-9-8-13(19)10-14(15)12(2)11-18(20,3)4/h8-11,16H,6-7H2,1-5H3. The summed E-state index contributed by atoms with van der Waals surface area (Å²) in [5.41, 5.74) is 3.04. The van der Waals surface area contributed by atoms with E-state index in [4.69, 9.17) is 16.3 Å². The fourth-order valence-electron chi connectivity index (χ4n) is 3.35. The Morgan fingerprint density at radius 3 is 2.68 bits per heavy atom. The van der Waals surface area contributed by atoms with Crippen LogP contribution in [0, 0.1) is 0 Å². The second-order valence-corrected chi connectivity index (χ2v) is 6.78. The molecule has 1 unspecified atom stereocenters. The van der Waals surface area contributed by atoms with Gasteiger partial charge in [-0.25, -0.2) is 4.79 Å². The molecule has 4 heteroatoms. The minimum absolute atomic E-state index is 0.191. The van der Waals surface area contributed by atoms with Gasteiger partial charge in [-0.3, -0.25) is 0 Å². The maximum absolute atomic E-state index is 12.3. The van der Waals surface area contributed by atoms with E-state index in [1.165, 1.54) is 12.7 Å². The van der Waals surface area contributed by atoms with Crippen molar-refractivity contribution < 1.29 is 9.53 Å². The van der Waals surface area contributed by atoms with E-state index in [9.17, 15) is 4.79 Å². The Morgan fingerprint density at radius 1 is 1.41 bits per heavy atom. The zero-order valence-corrected chi connectivity index (χ0v) is 14.7. The van der Waals surface area contributed by atoms with E-state index in [0.29, 0.717) is 5.02 Å². The first kappa shape index (κ1) is 16.9. The molecule has 22 heavy (non-hydrogen) atoms. The van der Waals surface area contributed by atoms with Gasteiger partial charge in [-0.05, 0) is 51.0 Å². The molecule has 1 aliphatic rings. The van der Waals surface area contributed by atoms with Crippen molar-refractivity contribution in [2.75, 3.05) is 12.0 Å². The van der Waals surface area contributed by atoms with Crippen LogP contribution >= 0.6 is 11.6 Å². The highest BCUT2D eigenvalue weighted by Crippen LogP contribution is 2.42. The van der Waals surface area contributed by atoms with E-state index in [1.54, 1.807) is 0 Å². The number of hydrogen-bond donors (Lipinski definition) is 0. The molecule has 0 bridgehead atoms. The van der Waals surface area contributed by atoms with Crippen molar-refractivity contribution in [2.24, 2.45) is 0 Å². The van der Waals surface area contributed by atoms with Crippen LogP contribution in [-0.4, -0.2) is 24.7 Å². The van der Waals surface area contributed by atoms with Crippen LogP contribution < -0.4 is 4.90 Å². The molecule has 0 aliphatic carbocycles. The molecule has 0 radical (unpaired) electrons. The summed E-state index contributed by atoms with van der Waals surface area (Å²) < 4.78 is 5.05. The first-order chi connectivity index (χ1) is 10.3. The zero-order chi connectivity index (χ0) is 16.5. The lowest BCUT2D eigenvalue weighted by atomic mass is 9.86. The highest BCUT2D eigenvalue weighted by molar-refractivity contribution is 6.30. The van der Waals surface area contributed by atoms with Crippen molar-refractivity contribution in [3.63, 3.8) is 0 Å². The number of halogens is 1. The Labute approximate surface area is 137 Å². The van der Waals surface area contributed by atoms with Crippen LogP contribution in [0.15, 0.2) is 24.3 Å². The fourth-order valence-corrected chi connectivity index (χ4v) is 3.53. The molecular weight excluding hydrogens is 298 g/mol. The number of carbonyl (C=O) groups is 1. The molecule has 0 saturated carbocycles. The van der Waals surface area contributed by atoms with E-state index in [-0.39, 0.29) is 17.6 Å². The number of methoxy groups -OCH3 is 1. The molecule has 0 aromatic heterocycles. The number of nitrogens with zero attached hydrogens (tertiary/aromatic N) is 1. The molecule has 0 spiro atoms. The predicted molar refractivity (Wildman–Crippen MR) is 92.4 cm³/mol. The van der Waals surface area contributed by atoms with Crippen LogP contribution in [0.4, 0.5) is 5.69 Å². The molecule has 1 heterocycles. The molecule has 1 atom stereocenters. The number of ether oxygens (including phenoxy) is 1.